The number of para-hydroxylation sites is 1. The first-order chi connectivity index (χ1) is 16.4. The van der Waals surface area contributed by atoms with Gasteiger partial charge >= 0.3 is 0 Å². The van der Waals surface area contributed by atoms with E-state index in [2.05, 4.69) is 15.6 Å². The maximum Gasteiger partial charge on any atom is 0.242 e. The van der Waals surface area contributed by atoms with E-state index in [-0.39, 0.29) is 17.9 Å². The highest BCUT2D eigenvalue weighted by Gasteiger charge is 2.28. The first kappa shape index (κ1) is 29.0. The van der Waals surface area contributed by atoms with Crippen molar-refractivity contribution in [2.45, 2.75) is 79.3 Å². The average molecular weight is 507 g/mol. The van der Waals surface area contributed by atoms with Crippen LogP contribution in [0.25, 0.3) is 10.9 Å². The zero-order valence-corrected chi connectivity index (χ0v) is 22.7. The van der Waals surface area contributed by atoms with Gasteiger partial charge in [-0.25, -0.2) is 4.21 Å². The van der Waals surface area contributed by atoms with E-state index in [1.54, 1.807) is 4.31 Å². The SMILES string of the molecule is CC(C)CN([C@H](C)CCCCNC(=O)[C@H](Cc1c[nH]c2ccccc12)NC(=O)C(C)(C)C)S(=O)O. The number of aromatic nitrogens is 1. The van der Waals surface area contributed by atoms with Crippen molar-refractivity contribution in [1.82, 2.24) is 19.9 Å². The molecule has 0 fully saturated rings. The van der Waals surface area contributed by atoms with Crippen LogP contribution in [0.2, 0.25) is 0 Å². The minimum atomic E-state index is -1.99. The van der Waals surface area contributed by atoms with Crippen LogP contribution in [0.1, 0.15) is 66.4 Å². The Morgan fingerprint density at radius 3 is 2.46 bits per heavy atom. The van der Waals surface area contributed by atoms with Gasteiger partial charge < -0.3 is 15.6 Å². The van der Waals surface area contributed by atoms with Crippen molar-refractivity contribution in [1.29, 1.82) is 0 Å². The molecule has 1 aromatic carbocycles. The van der Waals surface area contributed by atoms with E-state index in [4.69, 9.17) is 0 Å². The lowest BCUT2D eigenvalue weighted by Crippen LogP contribution is -2.51. The molecule has 0 aliphatic carbocycles. The summed E-state index contributed by atoms with van der Waals surface area (Å²) in [6.45, 7) is 12.5. The van der Waals surface area contributed by atoms with Crippen LogP contribution in [0, 0.1) is 11.3 Å². The van der Waals surface area contributed by atoms with Gasteiger partial charge in [0.05, 0.1) is 0 Å². The summed E-state index contributed by atoms with van der Waals surface area (Å²) in [6, 6.07) is 7.19. The molecule has 0 saturated heterocycles. The fourth-order valence-electron chi connectivity index (χ4n) is 3.91. The van der Waals surface area contributed by atoms with Crippen LogP contribution in [-0.4, -0.2) is 55.0 Å². The van der Waals surface area contributed by atoms with Crippen molar-refractivity contribution in [2.75, 3.05) is 13.1 Å². The Balaban J connectivity index is 1.94. The van der Waals surface area contributed by atoms with Gasteiger partial charge in [-0.3, -0.25) is 14.1 Å². The summed E-state index contributed by atoms with van der Waals surface area (Å²) >= 11 is -1.99. The number of unbranched alkanes of at least 4 members (excludes halogenated alkanes) is 1. The number of hydrogen-bond acceptors (Lipinski definition) is 3. The number of carbonyl (C=O) groups excluding carboxylic acids is 2. The normalized spacial score (nSPS) is 14.8. The number of nitrogens with zero attached hydrogens (tertiary/aromatic N) is 1. The number of hydrogen-bond donors (Lipinski definition) is 4. The van der Waals surface area contributed by atoms with Gasteiger partial charge in [0.25, 0.3) is 0 Å². The molecule has 2 aromatic rings. The molecule has 4 N–H and O–H groups in total. The maximum atomic E-state index is 13.1. The lowest BCUT2D eigenvalue weighted by atomic mass is 9.94. The largest absolute Gasteiger partial charge is 0.361 e. The zero-order valence-electron chi connectivity index (χ0n) is 21.9. The molecule has 1 heterocycles. The van der Waals surface area contributed by atoms with Gasteiger partial charge in [-0.05, 0) is 37.3 Å². The highest BCUT2D eigenvalue weighted by atomic mass is 32.2. The molecule has 2 rings (SSSR count). The van der Waals surface area contributed by atoms with E-state index in [1.807, 2.05) is 72.0 Å². The number of amides is 2. The molecular formula is C26H42N4O4S. The molecule has 9 heteroatoms. The number of fused-ring (bicyclic) bond motifs is 1. The molecule has 1 aromatic heterocycles. The average Bonchev–Trinajstić information content (AvgIpc) is 3.18. The highest BCUT2D eigenvalue weighted by molar-refractivity contribution is 7.76. The maximum absolute atomic E-state index is 13.1. The van der Waals surface area contributed by atoms with Crippen molar-refractivity contribution in [2.24, 2.45) is 11.3 Å². The summed E-state index contributed by atoms with van der Waals surface area (Å²) in [4.78, 5) is 29.0. The van der Waals surface area contributed by atoms with Crippen molar-refractivity contribution in [3.05, 3.63) is 36.0 Å². The molecule has 35 heavy (non-hydrogen) atoms. The molecule has 1 unspecified atom stereocenters. The molecule has 196 valence electrons. The van der Waals surface area contributed by atoms with Gasteiger partial charge in [0.15, 0.2) is 0 Å². The van der Waals surface area contributed by atoms with E-state index in [0.717, 1.165) is 35.7 Å². The molecule has 0 aliphatic heterocycles. The second kappa shape index (κ2) is 13.2. The third-order valence-corrected chi connectivity index (χ3v) is 6.90. The van der Waals surface area contributed by atoms with Crippen LogP contribution in [0.15, 0.2) is 30.5 Å². The van der Waals surface area contributed by atoms with Crippen LogP contribution in [0.4, 0.5) is 0 Å². The predicted octanol–water partition coefficient (Wildman–Crippen LogP) is 4.01. The van der Waals surface area contributed by atoms with E-state index in [9.17, 15) is 18.4 Å². The van der Waals surface area contributed by atoms with Crippen LogP contribution in [0.3, 0.4) is 0 Å². The predicted molar refractivity (Wildman–Crippen MR) is 142 cm³/mol. The van der Waals surface area contributed by atoms with Crippen LogP contribution in [-0.2, 0) is 27.3 Å². The topological polar surface area (TPSA) is 115 Å². The van der Waals surface area contributed by atoms with Gasteiger partial charge in [0.2, 0.25) is 23.1 Å². The van der Waals surface area contributed by atoms with Crippen LogP contribution < -0.4 is 10.6 Å². The van der Waals surface area contributed by atoms with E-state index in [0.29, 0.717) is 25.4 Å². The summed E-state index contributed by atoms with van der Waals surface area (Å²) in [5, 5.41) is 6.94. The van der Waals surface area contributed by atoms with Gasteiger partial charge in [-0.1, -0.05) is 59.2 Å². The summed E-state index contributed by atoms with van der Waals surface area (Å²) < 4.78 is 22.8. The minimum absolute atomic E-state index is 0.0281. The number of H-pyrrole nitrogens is 1. The van der Waals surface area contributed by atoms with Gasteiger partial charge in [0, 0.05) is 48.1 Å². The Kier molecular flexibility index (Phi) is 10.9. The van der Waals surface area contributed by atoms with Crippen molar-refractivity contribution in [3.63, 3.8) is 0 Å². The molecule has 0 spiro atoms. The molecular weight excluding hydrogens is 464 g/mol. The monoisotopic (exact) mass is 506 g/mol. The molecule has 2 amide bonds. The minimum Gasteiger partial charge on any atom is -0.361 e. The van der Waals surface area contributed by atoms with Gasteiger partial charge in [-0.2, -0.15) is 4.31 Å². The van der Waals surface area contributed by atoms with E-state index >= 15 is 0 Å². The number of nitrogens with one attached hydrogen (secondary N) is 3. The number of rotatable bonds is 13. The van der Waals surface area contributed by atoms with Crippen molar-refractivity contribution >= 4 is 34.0 Å². The zero-order chi connectivity index (χ0) is 26.2. The summed E-state index contributed by atoms with van der Waals surface area (Å²) in [7, 11) is 0. The summed E-state index contributed by atoms with van der Waals surface area (Å²) in [6.07, 6.45) is 4.60. The second-order valence-corrected chi connectivity index (χ2v) is 11.6. The lowest BCUT2D eigenvalue weighted by Gasteiger charge is -2.26. The number of carbonyl (C=O) groups is 2. The number of benzene rings is 1. The smallest absolute Gasteiger partial charge is 0.242 e. The fourth-order valence-corrected chi connectivity index (χ4v) is 4.74. The molecule has 0 aliphatic rings. The summed E-state index contributed by atoms with van der Waals surface area (Å²) in [5.41, 5.74) is 1.36. The van der Waals surface area contributed by atoms with E-state index < -0.39 is 22.7 Å². The van der Waals surface area contributed by atoms with Crippen LogP contribution in [0.5, 0.6) is 0 Å². The van der Waals surface area contributed by atoms with Crippen LogP contribution >= 0.6 is 0 Å². The third-order valence-electron chi connectivity index (χ3n) is 5.99. The van der Waals surface area contributed by atoms with Gasteiger partial charge in [-0.15, -0.1) is 0 Å². The Morgan fingerprint density at radius 2 is 1.83 bits per heavy atom. The standard InChI is InChI=1S/C26H42N4O4S/c1-18(2)17-30(35(33)34)19(3)11-9-10-14-27-24(31)23(29-25(32)26(4,5)6)15-20-16-28-22-13-8-7-12-21(20)22/h7-8,12-13,16,18-19,23,28H,9-11,14-15,17H2,1-6H3,(H,27,31)(H,29,32)(H,33,34)/t19-,23+/m1/s1. The fraction of sp³-hybridized carbons (Fsp3) is 0.615. The third kappa shape index (κ3) is 9.05. The first-order valence-electron chi connectivity index (χ1n) is 12.4. The van der Waals surface area contributed by atoms with E-state index in [1.165, 1.54) is 0 Å². The molecule has 3 atom stereocenters. The second-order valence-electron chi connectivity index (χ2n) is 10.7. The van der Waals surface area contributed by atoms with Crippen molar-refractivity contribution in [3.8, 4) is 0 Å². The molecule has 0 saturated carbocycles. The lowest BCUT2D eigenvalue weighted by molar-refractivity contribution is -0.133. The quantitative estimate of drug-likeness (QED) is 0.243. The number of aromatic amines is 1. The highest BCUT2D eigenvalue weighted by Crippen LogP contribution is 2.20. The molecule has 0 bridgehead atoms. The van der Waals surface area contributed by atoms with Gasteiger partial charge in [0.1, 0.15) is 6.04 Å². The Morgan fingerprint density at radius 1 is 1.14 bits per heavy atom. The first-order valence-corrected chi connectivity index (χ1v) is 13.5. The van der Waals surface area contributed by atoms with Crippen molar-refractivity contribution < 1.29 is 18.4 Å². The molecule has 8 nitrogen and oxygen atoms in total. The Hall–Kier alpha value is -2.23. The Bertz CT molecular complexity index is 999. The molecule has 0 radical (unpaired) electrons. The summed E-state index contributed by atoms with van der Waals surface area (Å²) in [5.74, 6) is -0.0855. The Labute approximate surface area is 212 Å².